The Kier molecular flexibility index (Phi) is 6.92. The number of sulfonamides is 1. The Hall–Kier alpha value is -2.67. The molecule has 7 heteroatoms. The average Bonchev–Trinajstić information content (AvgIpc) is 2.72. The van der Waals surface area contributed by atoms with Gasteiger partial charge in [0.05, 0.1) is 11.4 Å². The number of hydrogen-bond acceptors (Lipinski definition) is 3. The molecule has 0 spiro atoms. The molecule has 3 aromatic rings. The summed E-state index contributed by atoms with van der Waals surface area (Å²) >= 11 is 6.02. The predicted molar refractivity (Wildman–Crippen MR) is 120 cm³/mol. The number of aryl methyl sites for hydroxylation is 2. The minimum Gasteiger partial charge on any atom is -0.325 e. The van der Waals surface area contributed by atoms with Crippen LogP contribution in [0.2, 0.25) is 5.02 Å². The van der Waals surface area contributed by atoms with E-state index < -0.39 is 15.9 Å². The van der Waals surface area contributed by atoms with Gasteiger partial charge >= 0.3 is 0 Å². The molecule has 5 nitrogen and oxygen atoms in total. The highest BCUT2D eigenvalue weighted by Crippen LogP contribution is 2.22. The number of carbonyl (C=O) groups excluding carboxylic acids is 1. The molecule has 1 amide bonds. The van der Waals surface area contributed by atoms with Crippen molar-refractivity contribution in [1.82, 2.24) is 4.31 Å². The van der Waals surface area contributed by atoms with Crippen LogP contribution >= 0.6 is 11.6 Å². The molecule has 30 heavy (non-hydrogen) atoms. The van der Waals surface area contributed by atoms with Crippen molar-refractivity contribution in [1.29, 1.82) is 0 Å². The summed E-state index contributed by atoms with van der Waals surface area (Å²) in [5, 5.41) is 3.26. The maximum Gasteiger partial charge on any atom is 0.243 e. The van der Waals surface area contributed by atoms with Crippen molar-refractivity contribution in [2.24, 2.45) is 0 Å². The van der Waals surface area contributed by atoms with Gasteiger partial charge in [0.15, 0.2) is 0 Å². The van der Waals surface area contributed by atoms with Crippen LogP contribution in [0.1, 0.15) is 16.7 Å². The van der Waals surface area contributed by atoms with Crippen molar-refractivity contribution in [3.05, 3.63) is 94.5 Å². The van der Waals surface area contributed by atoms with Gasteiger partial charge in [0.2, 0.25) is 15.9 Å². The normalized spacial score (nSPS) is 11.5. The quantitative estimate of drug-likeness (QED) is 0.572. The number of nitrogens with zero attached hydrogens (tertiary/aromatic N) is 1. The zero-order chi connectivity index (χ0) is 21.7. The first kappa shape index (κ1) is 22.0. The van der Waals surface area contributed by atoms with Crippen molar-refractivity contribution in [2.75, 3.05) is 11.9 Å². The molecule has 0 atom stereocenters. The summed E-state index contributed by atoms with van der Waals surface area (Å²) < 4.78 is 27.7. The lowest BCUT2D eigenvalue weighted by molar-refractivity contribution is -0.116. The molecular weight excluding hydrogens is 420 g/mol. The molecule has 0 saturated carbocycles. The third kappa shape index (κ3) is 5.48. The van der Waals surface area contributed by atoms with Gasteiger partial charge in [-0.3, -0.25) is 4.79 Å². The number of amides is 1. The van der Waals surface area contributed by atoms with E-state index in [1.807, 2.05) is 38.1 Å². The van der Waals surface area contributed by atoms with E-state index in [0.717, 1.165) is 16.7 Å². The van der Waals surface area contributed by atoms with Crippen molar-refractivity contribution in [3.63, 3.8) is 0 Å². The van der Waals surface area contributed by atoms with Crippen LogP contribution in [0, 0.1) is 13.8 Å². The topological polar surface area (TPSA) is 66.5 Å². The van der Waals surface area contributed by atoms with Crippen LogP contribution in [0.15, 0.2) is 77.7 Å². The first-order chi connectivity index (χ1) is 14.3. The fourth-order valence-corrected chi connectivity index (χ4v) is 4.52. The Morgan fingerprint density at radius 1 is 0.967 bits per heavy atom. The summed E-state index contributed by atoms with van der Waals surface area (Å²) in [6, 6.07) is 20.8. The SMILES string of the molecule is Cc1ccc(CN(CC(=O)Nc2cc(Cl)ccc2C)S(=O)(=O)c2ccccc2)cc1. The van der Waals surface area contributed by atoms with Gasteiger partial charge in [0.1, 0.15) is 0 Å². The Bertz CT molecular complexity index is 1130. The molecule has 0 radical (unpaired) electrons. The summed E-state index contributed by atoms with van der Waals surface area (Å²) in [5.41, 5.74) is 3.26. The smallest absolute Gasteiger partial charge is 0.243 e. The summed E-state index contributed by atoms with van der Waals surface area (Å²) in [5.74, 6) is -0.438. The maximum atomic E-state index is 13.2. The molecule has 0 aliphatic heterocycles. The van der Waals surface area contributed by atoms with E-state index in [2.05, 4.69) is 5.32 Å². The van der Waals surface area contributed by atoms with Gasteiger partial charge in [-0.15, -0.1) is 0 Å². The molecule has 3 rings (SSSR count). The maximum absolute atomic E-state index is 13.2. The number of hydrogen-bond donors (Lipinski definition) is 1. The highest BCUT2D eigenvalue weighted by atomic mass is 35.5. The van der Waals surface area contributed by atoms with Crippen LogP contribution in [-0.4, -0.2) is 25.2 Å². The van der Waals surface area contributed by atoms with Gasteiger partial charge in [-0.1, -0.05) is 65.7 Å². The summed E-state index contributed by atoms with van der Waals surface area (Å²) in [7, 11) is -3.87. The van der Waals surface area contributed by atoms with Gasteiger partial charge < -0.3 is 5.32 Å². The highest BCUT2D eigenvalue weighted by molar-refractivity contribution is 7.89. The molecule has 0 saturated heterocycles. The number of rotatable bonds is 7. The van der Waals surface area contributed by atoms with E-state index in [-0.39, 0.29) is 18.0 Å². The van der Waals surface area contributed by atoms with Crippen molar-refractivity contribution in [3.8, 4) is 0 Å². The van der Waals surface area contributed by atoms with Crippen molar-refractivity contribution in [2.45, 2.75) is 25.3 Å². The number of carbonyl (C=O) groups is 1. The van der Waals surface area contributed by atoms with Crippen LogP contribution in [0.4, 0.5) is 5.69 Å². The molecule has 0 aliphatic carbocycles. The van der Waals surface area contributed by atoms with E-state index in [4.69, 9.17) is 11.6 Å². The molecule has 0 aromatic heterocycles. The van der Waals surface area contributed by atoms with E-state index in [9.17, 15) is 13.2 Å². The van der Waals surface area contributed by atoms with E-state index in [1.165, 1.54) is 16.4 Å². The molecular formula is C23H23ClN2O3S. The molecule has 3 aromatic carbocycles. The van der Waals surface area contributed by atoms with Gasteiger partial charge in [0, 0.05) is 17.3 Å². The molecule has 0 heterocycles. The molecule has 0 fully saturated rings. The lowest BCUT2D eigenvalue weighted by Crippen LogP contribution is -2.37. The number of halogens is 1. The lowest BCUT2D eigenvalue weighted by Gasteiger charge is -2.22. The second-order valence-corrected chi connectivity index (χ2v) is 9.45. The van der Waals surface area contributed by atoms with Gasteiger partial charge in [-0.25, -0.2) is 8.42 Å². The van der Waals surface area contributed by atoms with E-state index in [1.54, 1.807) is 36.4 Å². The largest absolute Gasteiger partial charge is 0.325 e. The van der Waals surface area contributed by atoms with E-state index >= 15 is 0 Å². The Morgan fingerprint density at radius 2 is 1.63 bits per heavy atom. The minimum absolute atomic E-state index is 0.0828. The molecule has 1 N–H and O–H groups in total. The standard InChI is InChI=1S/C23H23ClN2O3S/c1-17-8-11-19(12-9-17)15-26(30(28,29)21-6-4-3-5-7-21)16-23(27)25-22-14-20(24)13-10-18(22)2/h3-14H,15-16H2,1-2H3,(H,25,27). The number of benzene rings is 3. The first-order valence-corrected chi connectivity index (χ1v) is 11.2. The van der Waals surface area contributed by atoms with Crippen LogP contribution < -0.4 is 5.32 Å². The fraction of sp³-hybridized carbons (Fsp3) is 0.174. The summed E-state index contributed by atoms with van der Waals surface area (Å²) in [6.45, 7) is 3.57. The minimum atomic E-state index is -3.87. The first-order valence-electron chi connectivity index (χ1n) is 9.42. The van der Waals surface area contributed by atoms with Crippen LogP contribution in [0.25, 0.3) is 0 Å². The summed E-state index contributed by atoms with van der Waals surface area (Å²) in [4.78, 5) is 12.9. The molecule has 0 unspecified atom stereocenters. The predicted octanol–water partition coefficient (Wildman–Crippen LogP) is 4.79. The third-order valence-electron chi connectivity index (χ3n) is 4.65. The number of anilines is 1. The fourth-order valence-electron chi connectivity index (χ4n) is 2.94. The molecule has 0 aliphatic rings. The molecule has 156 valence electrons. The highest BCUT2D eigenvalue weighted by Gasteiger charge is 2.27. The Balaban J connectivity index is 1.87. The summed E-state index contributed by atoms with van der Waals surface area (Å²) in [6.07, 6.45) is 0. The van der Waals surface area contributed by atoms with Gasteiger partial charge in [-0.05, 0) is 49.2 Å². The van der Waals surface area contributed by atoms with E-state index in [0.29, 0.717) is 10.7 Å². The molecule has 0 bridgehead atoms. The third-order valence-corrected chi connectivity index (χ3v) is 6.70. The average molecular weight is 443 g/mol. The van der Waals surface area contributed by atoms with Gasteiger partial charge in [-0.2, -0.15) is 4.31 Å². The van der Waals surface area contributed by atoms with Crippen molar-refractivity contribution < 1.29 is 13.2 Å². The van der Waals surface area contributed by atoms with Crippen LogP contribution in [-0.2, 0) is 21.4 Å². The lowest BCUT2D eigenvalue weighted by atomic mass is 10.1. The van der Waals surface area contributed by atoms with Crippen LogP contribution in [0.5, 0.6) is 0 Å². The van der Waals surface area contributed by atoms with Gasteiger partial charge in [0.25, 0.3) is 0 Å². The number of nitrogens with one attached hydrogen (secondary N) is 1. The zero-order valence-corrected chi connectivity index (χ0v) is 18.4. The zero-order valence-electron chi connectivity index (χ0n) is 16.8. The monoisotopic (exact) mass is 442 g/mol. The van der Waals surface area contributed by atoms with Crippen LogP contribution in [0.3, 0.4) is 0 Å². The second-order valence-electron chi connectivity index (χ2n) is 7.08. The van der Waals surface area contributed by atoms with Crippen molar-refractivity contribution >= 4 is 33.2 Å². The second kappa shape index (κ2) is 9.43. The Morgan fingerprint density at radius 3 is 2.30 bits per heavy atom. The Labute approximate surface area is 182 Å².